The molecule has 0 spiro atoms. The van der Waals surface area contributed by atoms with Crippen LogP contribution >= 0.6 is 0 Å². The van der Waals surface area contributed by atoms with Crippen LogP contribution in [0.15, 0.2) is 24.3 Å². The summed E-state index contributed by atoms with van der Waals surface area (Å²) in [5, 5.41) is 18.8. The molecule has 1 saturated heterocycles. The van der Waals surface area contributed by atoms with E-state index in [-0.39, 0.29) is 24.4 Å². The van der Waals surface area contributed by atoms with Gasteiger partial charge in [-0.1, -0.05) is 17.3 Å². The molecule has 0 saturated carbocycles. The number of rotatable bonds is 6. The van der Waals surface area contributed by atoms with E-state index in [9.17, 15) is 9.18 Å². The average Bonchev–Trinajstić information content (AvgIpc) is 3.28. The number of nitrogens with zero attached hydrogens (tertiary/aromatic N) is 4. The zero-order valence-electron chi connectivity index (χ0n) is 13.2. The molecule has 1 aromatic heterocycles. The van der Waals surface area contributed by atoms with E-state index < -0.39 is 0 Å². The van der Waals surface area contributed by atoms with Crippen molar-refractivity contribution in [2.24, 2.45) is 0 Å². The van der Waals surface area contributed by atoms with Gasteiger partial charge in [-0.25, -0.2) is 9.18 Å². The highest BCUT2D eigenvalue weighted by Gasteiger charge is 2.24. The van der Waals surface area contributed by atoms with Crippen molar-refractivity contribution in [2.45, 2.75) is 25.4 Å². The first-order chi connectivity index (χ1) is 11.7. The van der Waals surface area contributed by atoms with Crippen molar-refractivity contribution < 1.29 is 9.18 Å². The number of carbonyl (C=O) groups excluding carboxylic acids is 1. The molecule has 1 aromatic carbocycles. The van der Waals surface area contributed by atoms with E-state index >= 15 is 0 Å². The molecule has 8 nitrogen and oxygen atoms in total. The first-order valence-electron chi connectivity index (χ1n) is 7.96. The zero-order chi connectivity index (χ0) is 16.8. The number of aromatic amines is 1. The topological polar surface area (TPSA) is 98.8 Å². The third-order valence-electron chi connectivity index (χ3n) is 4.09. The fourth-order valence-corrected chi connectivity index (χ4v) is 2.86. The smallest absolute Gasteiger partial charge is 0.315 e. The molecule has 3 N–H and O–H groups in total. The van der Waals surface area contributed by atoms with Crippen LogP contribution in [-0.2, 0) is 6.54 Å². The van der Waals surface area contributed by atoms with Crippen molar-refractivity contribution in [1.82, 2.24) is 36.2 Å². The molecule has 2 amide bonds. The lowest BCUT2D eigenvalue weighted by molar-refractivity contribution is 0.220. The number of tetrazole rings is 1. The highest BCUT2D eigenvalue weighted by molar-refractivity contribution is 5.73. The summed E-state index contributed by atoms with van der Waals surface area (Å²) in [5.74, 6) is 0.157. The molecule has 1 aliphatic heterocycles. The van der Waals surface area contributed by atoms with E-state index in [0.29, 0.717) is 12.4 Å². The Morgan fingerprint density at radius 3 is 2.67 bits per heavy atom. The molecule has 0 aliphatic carbocycles. The van der Waals surface area contributed by atoms with Crippen LogP contribution in [0.5, 0.6) is 0 Å². The third-order valence-corrected chi connectivity index (χ3v) is 4.09. The third kappa shape index (κ3) is 4.25. The highest BCUT2D eigenvalue weighted by atomic mass is 19.1. The van der Waals surface area contributed by atoms with Crippen LogP contribution in [0, 0.1) is 5.82 Å². The van der Waals surface area contributed by atoms with Gasteiger partial charge in [-0.2, -0.15) is 5.21 Å². The number of hydrogen-bond donors (Lipinski definition) is 3. The van der Waals surface area contributed by atoms with Gasteiger partial charge in [0, 0.05) is 6.54 Å². The van der Waals surface area contributed by atoms with Gasteiger partial charge in [0.1, 0.15) is 5.82 Å². The molecule has 0 bridgehead atoms. The van der Waals surface area contributed by atoms with E-state index in [4.69, 9.17) is 0 Å². The van der Waals surface area contributed by atoms with Crippen molar-refractivity contribution in [3.63, 3.8) is 0 Å². The summed E-state index contributed by atoms with van der Waals surface area (Å²) < 4.78 is 13.2. The van der Waals surface area contributed by atoms with E-state index in [2.05, 4.69) is 36.2 Å². The summed E-state index contributed by atoms with van der Waals surface area (Å²) in [6.45, 7) is 2.61. The largest absolute Gasteiger partial charge is 0.336 e. The number of hydrogen-bond acceptors (Lipinski definition) is 5. The van der Waals surface area contributed by atoms with Gasteiger partial charge in [0.15, 0.2) is 5.82 Å². The Labute approximate surface area is 138 Å². The molecular formula is C15H20FN7O. The van der Waals surface area contributed by atoms with Crippen molar-refractivity contribution in [3.8, 4) is 0 Å². The van der Waals surface area contributed by atoms with Crippen LogP contribution in [0.1, 0.15) is 30.3 Å². The van der Waals surface area contributed by atoms with Crippen molar-refractivity contribution in [2.75, 3.05) is 19.6 Å². The van der Waals surface area contributed by atoms with Crippen LogP contribution in [-0.4, -0.2) is 51.2 Å². The monoisotopic (exact) mass is 333 g/mol. The first kappa shape index (κ1) is 16.3. The van der Waals surface area contributed by atoms with Gasteiger partial charge in [-0.15, -0.1) is 10.2 Å². The lowest BCUT2D eigenvalue weighted by atomic mass is 10.1. The summed E-state index contributed by atoms with van der Waals surface area (Å²) >= 11 is 0. The predicted octanol–water partition coefficient (Wildman–Crippen LogP) is 0.975. The number of urea groups is 1. The summed E-state index contributed by atoms with van der Waals surface area (Å²) in [7, 11) is 0. The quantitative estimate of drug-likeness (QED) is 0.732. The van der Waals surface area contributed by atoms with Crippen LogP contribution in [0.25, 0.3) is 0 Å². The van der Waals surface area contributed by atoms with Gasteiger partial charge in [-0.3, -0.25) is 4.90 Å². The molecule has 0 radical (unpaired) electrons. The maximum Gasteiger partial charge on any atom is 0.315 e. The Kier molecular flexibility index (Phi) is 5.32. The molecule has 1 aliphatic rings. The molecule has 2 heterocycles. The van der Waals surface area contributed by atoms with E-state index in [1.54, 1.807) is 12.1 Å². The SMILES string of the molecule is O=C(NCc1nn[nH]n1)NC[C@@H](c1ccc(F)cc1)N1CCCC1. The predicted molar refractivity (Wildman–Crippen MR) is 84.4 cm³/mol. The van der Waals surface area contributed by atoms with Gasteiger partial charge in [-0.05, 0) is 43.6 Å². The molecule has 1 fully saturated rings. The Morgan fingerprint density at radius 2 is 2.00 bits per heavy atom. The number of nitrogens with one attached hydrogen (secondary N) is 3. The normalized spacial score (nSPS) is 16.0. The van der Waals surface area contributed by atoms with Crippen LogP contribution in [0.4, 0.5) is 9.18 Å². The molecule has 2 aromatic rings. The second kappa shape index (κ2) is 7.82. The van der Waals surface area contributed by atoms with Crippen LogP contribution < -0.4 is 10.6 Å². The van der Waals surface area contributed by atoms with Crippen molar-refractivity contribution in [3.05, 3.63) is 41.5 Å². The van der Waals surface area contributed by atoms with Gasteiger partial charge in [0.2, 0.25) is 0 Å². The fraction of sp³-hybridized carbons (Fsp3) is 0.467. The molecule has 0 unspecified atom stereocenters. The summed E-state index contributed by atoms with van der Waals surface area (Å²) in [4.78, 5) is 14.3. The number of benzene rings is 1. The van der Waals surface area contributed by atoms with Gasteiger partial charge < -0.3 is 10.6 Å². The highest BCUT2D eigenvalue weighted by Crippen LogP contribution is 2.24. The average molecular weight is 333 g/mol. The second-order valence-electron chi connectivity index (χ2n) is 5.70. The van der Waals surface area contributed by atoms with Crippen LogP contribution in [0.2, 0.25) is 0 Å². The van der Waals surface area contributed by atoms with Gasteiger partial charge in [0.25, 0.3) is 0 Å². The number of carbonyl (C=O) groups is 1. The summed E-state index contributed by atoms with van der Waals surface area (Å²) in [6.07, 6.45) is 2.28. The van der Waals surface area contributed by atoms with Crippen LogP contribution in [0.3, 0.4) is 0 Å². The number of aromatic nitrogens is 4. The lowest BCUT2D eigenvalue weighted by Gasteiger charge is -2.28. The molecule has 9 heteroatoms. The minimum absolute atomic E-state index is 0.0315. The minimum atomic E-state index is -0.300. The molecule has 1 atom stereocenters. The fourth-order valence-electron chi connectivity index (χ4n) is 2.86. The Morgan fingerprint density at radius 1 is 1.25 bits per heavy atom. The zero-order valence-corrected chi connectivity index (χ0v) is 13.2. The molecule has 128 valence electrons. The minimum Gasteiger partial charge on any atom is -0.336 e. The molecular weight excluding hydrogens is 313 g/mol. The summed E-state index contributed by atoms with van der Waals surface area (Å²) in [6, 6.07) is 6.19. The lowest BCUT2D eigenvalue weighted by Crippen LogP contribution is -2.41. The number of halogens is 1. The number of H-pyrrole nitrogens is 1. The Balaban J connectivity index is 1.57. The number of amides is 2. The molecule has 3 rings (SSSR count). The standard InChI is InChI=1S/C15H20FN7O/c16-12-5-3-11(4-6-12)13(23-7-1-2-8-23)9-17-15(24)18-10-14-19-21-22-20-14/h3-6,13H,1-2,7-10H2,(H2,17,18,24)(H,19,20,21,22)/t13-/m0/s1. The maximum atomic E-state index is 13.2. The Hall–Kier alpha value is -2.55. The van der Waals surface area contributed by atoms with Gasteiger partial charge >= 0.3 is 6.03 Å². The summed E-state index contributed by atoms with van der Waals surface area (Å²) in [5.41, 5.74) is 0.997. The van der Waals surface area contributed by atoms with E-state index in [0.717, 1.165) is 31.5 Å². The second-order valence-corrected chi connectivity index (χ2v) is 5.70. The van der Waals surface area contributed by atoms with Crippen molar-refractivity contribution >= 4 is 6.03 Å². The Bertz CT molecular complexity index is 640. The van der Waals surface area contributed by atoms with E-state index in [1.165, 1.54) is 12.1 Å². The van der Waals surface area contributed by atoms with E-state index in [1.807, 2.05) is 0 Å². The maximum absolute atomic E-state index is 13.2. The van der Waals surface area contributed by atoms with Gasteiger partial charge in [0.05, 0.1) is 12.6 Å². The van der Waals surface area contributed by atoms with Crippen molar-refractivity contribution in [1.29, 1.82) is 0 Å². The molecule has 24 heavy (non-hydrogen) atoms. The first-order valence-corrected chi connectivity index (χ1v) is 7.96. The number of likely N-dealkylation sites (tertiary alicyclic amines) is 1.